The summed E-state index contributed by atoms with van der Waals surface area (Å²) in [6, 6.07) is 13.7. The van der Waals surface area contributed by atoms with E-state index >= 15 is 0 Å². The maximum atomic E-state index is 11.8. The van der Waals surface area contributed by atoms with Gasteiger partial charge in [-0.25, -0.2) is 4.98 Å². The van der Waals surface area contributed by atoms with Gasteiger partial charge in [0.25, 0.3) is 0 Å². The third kappa shape index (κ3) is 5.72. The molecular weight excluding hydrogens is 476 g/mol. The van der Waals surface area contributed by atoms with Gasteiger partial charge in [0, 0.05) is 24.0 Å². The molecule has 7 nitrogen and oxygen atoms in total. The van der Waals surface area contributed by atoms with Crippen LogP contribution in [0.5, 0.6) is 5.75 Å². The van der Waals surface area contributed by atoms with E-state index in [0.717, 1.165) is 79.5 Å². The number of aryl methyl sites for hydroxylation is 1. The number of phenolic OH excluding ortho intramolecular Hbond substituents is 1. The van der Waals surface area contributed by atoms with Crippen molar-refractivity contribution < 1.29 is 15.0 Å². The van der Waals surface area contributed by atoms with E-state index in [9.17, 15) is 15.0 Å². The molecule has 1 saturated carbocycles. The summed E-state index contributed by atoms with van der Waals surface area (Å²) in [5.41, 5.74) is 6.12. The Kier molecular flexibility index (Phi) is 8.01. The van der Waals surface area contributed by atoms with Gasteiger partial charge in [0.2, 0.25) is 0 Å². The fourth-order valence-electron chi connectivity index (χ4n) is 5.98. The molecule has 4 aromatic rings. The van der Waals surface area contributed by atoms with Crippen LogP contribution in [0, 0.1) is 5.92 Å². The zero-order chi connectivity index (χ0) is 26.5. The Hall–Kier alpha value is -3.74. The van der Waals surface area contributed by atoms with E-state index < -0.39 is 5.97 Å². The van der Waals surface area contributed by atoms with Crippen LogP contribution in [0.3, 0.4) is 0 Å². The van der Waals surface area contributed by atoms with Crippen molar-refractivity contribution in [2.45, 2.75) is 76.5 Å². The van der Waals surface area contributed by atoms with Gasteiger partial charge >= 0.3 is 5.97 Å². The zero-order valence-corrected chi connectivity index (χ0v) is 22.0. The molecule has 3 heterocycles. The van der Waals surface area contributed by atoms with Crippen molar-refractivity contribution in [2.75, 3.05) is 0 Å². The standard InChI is InChI=1S/C31H36N4O3/c1-2-5-21(22-10-12-27(36)13-11-22)6-4-9-25-19-28-30(33-20-35(28)26-14-16-32-17-15-26)29(34-25)23-7-3-8-24(18-23)31(37)38/h10-17,19-21,23-24,36H,2-9,18H2,1H3,(H,37,38). The van der Waals surface area contributed by atoms with Crippen LogP contribution in [0.15, 0.2) is 61.2 Å². The molecule has 0 saturated heterocycles. The summed E-state index contributed by atoms with van der Waals surface area (Å²) in [7, 11) is 0. The Balaban J connectivity index is 1.44. The first-order valence-corrected chi connectivity index (χ1v) is 13.8. The van der Waals surface area contributed by atoms with Gasteiger partial charge < -0.3 is 10.2 Å². The van der Waals surface area contributed by atoms with Gasteiger partial charge in [-0.2, -0.15) is 0 Å². The molecule has 2 N–H and O–H groups in total. The zero-order valence-electron chi connectivity index (χ0n) is 22.0. The molecule has 0 aliphatic heterocycles. The molecule has 5 rings (SSSR count). The van der Waals surface area contributed by atoms with Crippen LogP contribution in [0.25, 0.3) is 16.7 Å². The predicted octanol–water partition coefficient (Wildman–Crippen LogP) is 6.79. The van der Waals surface area contributed by atoms with Crippen molar-refractivity contribution in [2.24, 2.45) is 5.92 Å². The van der Waals surface area contributed by atoms with Crippen molar-refractivity contribution in [3.05, 3.63) is 78.1 Å². The lowest BCUT2D eigenvalue weighted by atomic mass is 9.79. The van der Waals surface area contributed by atoms with E-state index in [2.05, 4.69) is 22.5 Å². The molecule has 198 valence electrons. The van der Waals surface area contributed by atoms with Gasteiger partial charge in [0.15, 0.2) is 0 Å². The second-order valence-electron chi connectivity index (χ2n) is 10.6. The number of carboxylic acids is 1. The summed E-state index contributed by atoms with van der Waals surface area (Å²) in [6.45, 7) is 2.21. The Morgan fingerprint density at radius 3 is 2.63 bits per heavy atom. The highest BCUT2D eigenvalue weighted by molar-refractivity contribution is 5.80. The average molecular weight is 513 g/mol. The van der Waals surface area contributed by atoms with Gasteiger partial charge in [0.1, 0.15) is 17.6 Å². The number of rotatable bonds is 10. The number of aromatic nitrogens is 4. The van der Waals surface area contributed by atoms with Crippen LogP contribution in [-0.2, 0) is 11.2 Å². The second kappa shape index (κ2) is 11.8. The van der Waals surface area contributed by atoms with Crippen molar-refractivity contribution in [3.8, 4) is 11.4 Å². The van der Waals surface area contributed by atoms with E-state index in [4.69, 9.17) is 9.97 Å². The summed E-state index contributed by atoms with van der Waals surface area (Å²) >= 11 is 0. The van der Waals surface area contributed by atoms with Crippen molar-refractivity contribution in [1.29, 1.82) is 0 Å². The number of aliphatic carboxylic acids is 1. The molecule has 3 aromatic heterocycles. The summed E-state index contributed by atoms with van der Waals surface area (Å²) < 4.78 is 2.08. The number of fused-ring (bicyclic) bond motifs is 1. The van der Waals surface area contributed by atoms with Crippen LogP contribution in [0.2, 0.25) is 0 Å². The molecule has 1 fully saturated rings. The number of carboxylic acid groups (broad SMARTS) is 1. The van der Waals surface area contributed by atoms with E-state index in [1.165, 1.54) is 5.56 Å². The molecule has 3 atom stereocenters. The summed E-state index contributed by atoms with van der Waals surface area (Å²) in [6.07, 6.45) is 13.7. The Morgan fingerprint density at radius 2 is 1.89 bits per heavy atom. The quantitative estimate of drug-likeness (QED) is 0.243. The van der Waals surface area contributed by atoms with E-state index in [1.54, 1.807) is 24.5 Å². The number of aromatic hydroxyl groups is 1. The van der Waals surface area contributed by atoms with Crippen LogP contribution in [0.1, 0.15) is 87.1 Å². The monoisotopic (exact) mass is 512 g/mol. The van der Waals surface area contributed by atoms with Gasteiger partial charge in [-0.1, -0.05) is 31.9 Å². The SMILES string of the molecule is CCCC(CCCc1cc2c(ncn2-c2ccncc2)c(C2CCCC(C(=O)O)C2)n1)c1ccc(O)cc1. The highest BCUT2D eigenvalue weighted by Gasteiger charge is 2.30. The molecular formula is C31H36N4O3. The maximum absolute atomic E-state index is 11.8. The molecule has 38 heavy (non-hydrogen) atoms. The van der Waals surface area contributed by atoms with Crippen molar-refractivity contribution in [1.82, 2.24) is 19.5 Å². The largest absolute Gasteiger partial charge is 0.508 e. The van der Waals surface area contributed by atoms with Crippen molar-refractivity contribution in [3.63, 3.8) is 0 Å². The molecule has 1 aliphatic carbocycles. The highest BCUT2D eigenvalue weighted by Crippen LogP contribution is 2.39. The Labute approximate surface area is 223 Å². The van der Waals surface area contributed by atoms with E-state index in [0.29, 0.717) is 18.1 Å². The molecule has 0 radical (unpaired) electrons. The number of imidazole rings is 1. The maximum Gasteiger partial charge on any atom is 0.306 e. The summed E-state index contributed by atoms with van der Waals surface area (Å²) in [5, 5.41) is 19.4. The Morgan fingerprint density at radius 1 is 1.11 bits per heavy atom. The predicted molar refractivity (Wildman–Crippen MR) is 148 cm³/mol. The number of carbonyl (C=O) groups is 1. The van der Waals surface area contributed by atoms with Gasteiger partial charge in [0.05, 0.1) is 22.8 Å². The fraction of sp³-hybridized carbons (Fsp3) is 0.419. The first-order valence-electron chi connectivity index (χ1n) is 13.8. The lowest BCUT2D eigenvalue weighted by molar-refractivity contribution is -0.143. The summed E-state index contributed by atoms with van der Waals surface area (Å²) in [4.78, 5) is 25.9. The molecule has 3 unspecified atom stereocenters. The number of phenols is 1. The minimum Gasteiger partial charge on any atom is -0.508 e. The lowest BCUT2D eigenvalue weighted by Gasteiger charge is -2.26. The number of hydrogen-bond donors (Lipinski definition) is 2. The van der Waals surface area contributed by atoms with Crippen LogP contribution in [0.4, 0.5) is 0 Å². The van der Waals surface area contributed by atoms with Gasteiger partial charge in [-0.05, 0) is 86.8 Å². The lowest BCUT2D eigenvalue weighted by Crippen LogP contribution is -2.22. The number of pyridine rings is 2. The number of nitrogens with zero attached hydrogens (tertiary/aromatic N) is 4. The van der Waals surface area contributed by atoms with Crippen LogP contribution >= 0.6 is 0 Å². The molecule has 7 heteroatoms. The first-order chi connectivity index (χ1) is 18.5. The average Bonchev–Trinajstić information content (AvgIpc) is 3.37. The number of hydrogen-bond acceptors (Lipinski definition) is 5. The molecule has 0 amide bonds. The number of benzene rings is 1. The normalized spacial score (nSPS) is 18.4. The fourth-order valence-corrected chi connectivity index (χ4v) is 5.98. The third-order valence-corrected chi connectivity index (χ3v) is 7.95. The molecule has 0 spiro atoms. The molecule has 1 aliphatic rings. The van der Waals surface area contributed by atoms with Crippen molar-refractivity contribution >= 4 is 17.0 Å². The third-order valence-electron chi connectivity index (χ3n) is 7.95. The summed E-state index contributed by atoms with van der Waals surface area (Å²) in [5.74, 6) is -0.191. The second-order valence-corrected chi connectivity index (χ2v) is 10.6. The molecule has 0 bridgehead atoms. The van der Waals surface area contributed by atoms with Gasteiger partial charge in [-0.15, -0.1) is 0 Å². The van der Waals surface area contributed by atoms with Gasteiger partial charge in [-0.3, -0.25) is 19.3 Å². The van der Waals surface area contributed by atoms with E-state index in [-0.39, 0.29) is 11.8 Å². The minimum absolute atomic E-state index is 0.0953. The smallest absolute Gasteiger partial charge is 0.306 e. The first kappa shape index (κ1) is 25.9. The highest BCUT2D eigenvalue weighted by atomic mass is 16.4. The van der Waals surface area contributed by atoms with Crippen LogP contribution < -0.4 is 0 Å². The molecule has 1 aromatic carbocycles. The Bertz CT molecular complexity index is 1370. The minimum atomic E-state index is -0.708. The van der Waals surface area contributed by atoms with E-state index in [1.807, 2.05) is 30.6 Å². The van der Waals surface area contributed by atoms with Crippen LogP contribution in [-0.4, -0.2) is 35.7 Å². The topological polar surface area (TPSA) is 101 Å².